The van der Waals surface area contributed by atoms with Gasteiger partial charge >= 0.3 is 0 Å². The standard InChI is InChI=1S/C14H12ClFN2O2/c1-9-2-5-13(17-7-9)18-14(19)8-20-10-3-4-12(16)11(15)6-10/h2-7H,8H2,1H3,(H,17,18,19). The van der Waals surface area contributed by atoms with Crippen molar-refractivity contribution in [1.82, 2.24) is 4.98 Å². The van der Waals surface area contributed by atoms with Crippen molar-refractivity contribution in [2.75, 3.05) is 11.9 Å². The molecule has 0 spiro atoms. The molecule has 104 valence electrons. The van der Waals surface area contributed by atoms with Crippen molar-refractivity contribution in [1.29, 1.82) is 0 Å². The number of aromatic nitrogens is 1. The number of hydrogen-bond acceptors (Lipinski definition) is 3. The lowest BCUT2D eigenvalue weighted by Gasteiger charge is -2.07. The van der Waals surface area contributed by atoms with Crippen molar-refractivity contribution in [3.8, 4) is 5.75 Å². The van der Waals surface area contributed by atoms with E-state index >= 15 is 0 Å². The molecule has 1 heterocycles. The first-order valence-electron chi connectivity index (χ1n) is 5.85. The molecular formula is C14H12ClFN2O2. The fourth-order valence-electron chi connectivity index (χ4n) is 1.44. The number of anilines is 1. The number of aryl methyl sites for hydroxylation is 1. The quantitative estimate of drug-likeness (QED) is 0.942. The zero-order valence-corrected chi connectivity index (χ0v) is 11.4. The number of amides is 1. The lowest BCUT2D eigenvalue weighted by atomic mass is 10.3. The van der Waals surface area contributed by atoms with Crippen LogP contribution < -0.4 is 10.1 Å². The molecule has 6 heteroatoms. The summed E-state index contributed by atoms with van der Waals surface area (Å²) in [6.45, 7) is 1.69. The second-order valence-corrected chi connectivity index (χ2v) is 4.54. The van der Waals surface area contributed by atoms with Crippen molar-refractivity contribution >= 4 is 23.3 Å². The Morgan fingerprint density at radius 1 is 1.40 bits per heavy atom. The Balaban J connectivity index is 1.88. The molecule has 0 unspecified atom stereocenters. The van der Waals surface area contributed by atoms with Crippen LogP contribution in [0.1, 0.15) is 5.56 Å². The van der Waals surface area contributed by atoms with Crippen molar-refractivity contribution in [3.05, 3.63) is 52.9 Å². The highest BCUT2D eigenvalue weighted by atomic mass is 35.5. The molecule has 1 N–H and O–H groups in total. The summed E-state index contributed by atoms with van der Waals surface area (Å²) in [5.41, 5.74) is 1.00. The van der Waals surface area contributed by atoms with Crippen molar-refractivity contribution in [2.45, 2.75) is 6.92 Å². The van der Waals surface area contributed by atoms with E-state index in [4.69, 9.17) is 16.3 Å². The maximum atomic E-state index is 12.9. The lowest BCUT2D eigenvalue weighted by Crippen LogP contribution is -2.20. The van der Waals surface area contributed by atoms with E-state index in [1.54, 1.807) is 12.3 Å². The highest BCUT2D eigenvalue weighted by molar-refractivity contribution is 6.30. The van der Waals surface area contributed by atoms with E-state index in [-0.39, 0.29) is 17.5 Å². The van der Waals surface area contributed by atoms with Crippen LogP contribution in [-0.2, 0) is 4.79 Å². The molecule has 0 fully saturated rings. The molecule has 1 aromatic carbocycles. The molecule has 1 amide bonds. The van der Waals surface area contributed by atoms with Gasteiger partial charge in [0, 0.05) is 12.3 Å². The Kier molecular flexibility index (Phi) is 4.53. The van der Waals surface area contributed by atoms with Crippen LogP contribution in [0.3, 0.4) is 0 Å². The second kappa shape index (κ2) is 6.34. The molecule has 0 saturated carbocycles. The molecule has 20 heavy (non-hydrogen) atoms. The van der Waals surface area contributed by atoms with Crippen LogP contribution in [0.5, 0.6) is 5.75 Å². The van der Waals surface area contributed by atoms with E-state index in [1.165, 1.54) is 18.2 Å². The SMILES string of the molecule is Cc1ccc(NC(=O)COc2ccc(F)c(Cl)c2)nc1. The van der Waals surface area contributed by atoms with Gasteiger partial charge in [0.15, 0.2) is 6.61 Å². The van der Waals surface area contributed by atoms with Crippen LogP contribution in [0, 0.1) is 12.7 Å². The van der Waals surface area contributed by atoms with Crippen LogP contribution in [0.2, 0.25) is 5.02 Å². The molecule has 0 aliphatic carbocycles. The summed E-state index contributed by atoms with van der Waals surface area (Å²) in [6, 6.07) is 7.43. The topological polar surface area (TPSA) is 51.2 Å². The first kappa shape index (κ1) is 14.3. The van der Waals surface area contributed by atoms with E-state index in [9.17, 15) is 9.18 Å². The summed E-state index contributed by atoms with van der Waals surface area (Å²) in [4.78, 5) is 15.7. The molecule has 0 bridgehead atoms. The zero-order chi connectivity index (χ0) is 14.5. The zero-order valence-electron chi connectivity index (χ0n) is 10.7. The van der Waals surface area contributed by atoms with E-state index in [0.29, 0.717) is 11.6 Å². The number of rotatable bonds is 4. The van der Waals surface area contributed by atoms with Gasteiger partial charge in [0.2, 0.25) is 0 Å². The summed E-state index contributed by atoms with van der Waals surface area (Å²) < 4.78 is 18.2. The Labute approximate surface area is 120 Å². The van der Waals surface area contributed by atoms with Crippen molar-refractivity contribution in [3.63, 3.8) is 0 Å². The van der Waals surface area contributed by atoms with Crippen LogP contribution in [0.4, 0.5) is 10.2 Å². The first-order valence-corrected chi connectivity index (χ1v) is 6.23. The molecule has 0 aliphatic rings. The van der Waals surface area contributed by atoms with Crippen LogP contribution in [0.15, 0.2) is 36.5 Å². The van der Waals surface area contributed by atoms with Gasteiger partial charge in [0.1, 0.15) is 17.4 Å². The van der Waals surface area contributed by atoms with Gasteiger partial charge in [-0.3, -0.25) is 4.79 Å². The van der Waals surface area contributed by atoms with E-state index in [1.807, 2.05) is 13.0 Å². The fourth-order valence-corrected chi connectivity index (χ4v) is 1.61. The molecular weight excluding hydrogens is 283 g/mol. The average Bonchev–Trinajstić information content (AvgIpc) is 2.43. The molecule has 4 nitrogen and oxygen atoms in total. The molecule has 2 aromatic rings. The third-order valence-corrected chi connectivity index (χ3v) is 2.73. The normalized spacial score (nSPS) is 10.2. The van der Waals surface area contributed by atoms with Crippen LogP contribution in [-0.4, -0.2) is 17.5 Å². The number of nitrogens with zero attached hydrogens (tertiary/aromatic N) is 1. The van der Waals surface area contributed by atoms with E-state index in [0.717, 1.165) is 5.56 Å². The van der Waals surface area contributed by atoms with Crippen LogP contribution in [0.25, 0.3) is 0 Å². The van der Waals surface area contributed by atoms with E-state index in [2.05, 4.69) is 10.3 Å². The van der Waals surface area contributed by atoms with Gasteiger partial charge in [-0.25, -0.2) is 9.37 Å². The summed E-state index contributed by atoms with van der Waals surface area (Å²) in [5.74, 6) is -0.126. The highest BCUT2D eigenvalue weighted by Gasteiger charge is 2.06. The number of carbonyl (C=O) groups excluding carboxylic acids is 1. The van der Waals surface area contributed by atoms with Gasteiger partial charge < -0.3 is 10.1 Å². The Hall–Kier alpha value is -2.14. The third kappa shape index (κ3) is 3.93. The third-order valence-electron chi connectivity index (χ3n) is 2.44. The van der Waals surface area contributed by atoms with Crippen molar-refractivity contribution < 1.29 is 13.9 Å². The summed E-state index contributed by atoms with van der Waals surface area (Å²) in [7, 11) is 0. The van der Waals surface area contributed by atoms with Gasteiger partial charge in [-0.1, -0.05) is 17.7 Å². The molecule has 0 atom stereocenters. The minimum Gasteiger partial charge on any atom is -0.484 e. The van der Waals surface area contributed by atoms with Gasteiger partial charge in [-0.15, -0.1) is 0 Å². The van der Waals surface area contributed by atoms with Crippen LogP contribution >= 0.6 is 11.6 Å². The maximum Gasteiger partial charge on any atom is 0.263 e. The maximum absolute atomic E-state index is 12.9. The Bertz CT molecular complexity index is 617. The summed E-state index contributed by atoms with van der Waals surface area (Å²) in [6.07, 6.45) is 1.65. The Morgan fingerprint density at radius 3 is 2.85 bits per heavy atom. The molecule has 0 radical (unpaired) electrons. The van der Waals surface area contributed by atoms with Crippen molar-refractivity contribution in [2.24, 2.45) is 0 Å². The minimum absolute atomic E-state index is 0.0527. The van der Waals surface area contributed by atoms with Gasteiger partial charge in [-0.05, 0) is 30.7 Å². The second-order valence-electron chi connectivity index (χ2n) is 4.13. The fraction of sp³-hybridized carbons (Fsp3) is 0.143. The minimum atomic E-state index is -0.535. The smallest absolute Gasteiger partial charge is 0.263 e. The molecule has 1 aromatic heterocycles. The van der Waals surface area contributed by atoms with E-state index < -0.39 is 5.82 Å². The number of ether oxygens (including phenoxy) is 1. The first-order chi connectivity index (χ1) is 9.54. The van der Waals surface area contributed by atoms with Gasteiger partial charge in [0.25, 0.3) is 5.91 Å². The number of halogens is 2. The molecule has 0 saturated heterocycles. The predicted molar refractivity (Wildman–Crippen MR) is 74.5 cm³/mol. The lowest BCUT2D eigenvalue weighted by molar-refractivity contribution is -0.118. The van der Waals surface area contributed by atoms with Gasteiger partial charge in [0.05, 0.1) is 5.02 Å². The number of nitrogens with one attached hydrogen (secondary N) is 1. The summed E-state index contributed by atoms with van der Waals surface area (Å²) in [5, 5.41) is 2.53. The molecule has 2 rings (SSSR count). The summed E-state index contributed by atoms with van der Waals surface area (Å²) >= 11 is 5.61. The Morgan fingerprint density at radius 2 is 2.20 bits per heavy atom. The average molecular weight is 295 g/mol. The predicted octanol–water partition coefficient (Wildman–Crippen LogP) is 3.20. The monoisotopic (exact) mass is 294 g/mol. The number of benzene rings is 1. The largest absolute Gasteiger partial charge is 0.484 e. The van der Waals surface area contributed by atoms with Gasteiger partial charge in [-0.2, -0.15) is 0 Å². The number of pyridine rings is 1. The number of carbonyl (C=O) groups is 1. The number of hydrogen-bond donors (Lipinski definition) is 1. The highest BCUT2D eigenvalue weighted by Crippen LogP contribution is 2.20. The molecule has 0 aliphatic heterocycles.